The van der Waals surface area contributed by atoms with Crippen molar-refractivity contribution in [2.24, 2.45) is 0 Å². The van der Waals surface area contributed by atoms with Crippen molar-refractivity contribution in [2.75, 3.05) is 19.6 Å². The molecule has 1 atom stereocenters. The topological polar surface area (TPSA) is 70.1 Å². The van der Waals surface area contributed by atoms with E-state index in [4.69, 9.17) is 4.74 Å². The Morgan fingerprint density at radius 2 is 1.71 bits per heavy atom. The first-order chi connectivity index (χ1) is 13.0. The molecule has 1 N–H and O–H groups in total. The number of ether oxygens (including phenoxy) is 1. The summed E-state index contributed by atoms with van der Waals surface area (Å²) in [5.41, 5.74) is 1.69. The summed E-state index contributed by atoms with van der Waals surface area (Å²) in [6.45, 7) is 1.34. The highest BCUT2D eigenvalue weighted by molar-refractivity contribution is 5.85. The Bertz CT molecular complexity index is 789. The van der Waals surface area contributed by atoms with Gasteiger partial charge >= 0.3 is 12.1 Å². The molecule has 2 aromatic carbocycles. The largest absolute Gasteiger partial charge is 0.480 e. The van der Waals surface area contributed by atoms with Crippen LogP contribution in [0.1, 0.15) is 11.1 Å². The number of halogens is 2. The summed E-state index contributed by atoms with van der Waals surface area (Å²) in [5, 5.41) is 9.56. The Labute approximate surface area is 168 Å². The standard InChI is InChI=1S/C20H21FN2O4.ClH/c21-17-8-6-15(7-9-17)12-22-10-11-23(13-18(22)19(24)25)20(26)27-14-16-4-2-1-3-5-16;/h1-9,18H,10-14H2,(H,24,25);1H. The van der Waals surface area contributed by atoms with E-state index >= 15 is 0 Å². The van der Waals surface area contributed by atoms with Gasteiger partial charge in [-0.15, -0.1) is 12.4 Å². The second-order valence-corrected chi connectivity index (χ2v) is 6.44. The summed E-state index contributed by atoms with van der Waals surface area (Å²) in [6.07, 6.45) is -0.522. The molecule has 150 valence electrons. The molecule has 2 aromatic rings. The average Bonchev–Trinajstić information content (AvgIpc) is 2.69. The maximum Gasteiger partial charge on any atom is 0.410 e. The Balaban J connectivity index is 0.00000280. The van der Waals surface area contributed by atoms with Gasteiger partial charge in [-0.2, -0.15) is 0 Å². The van der Waals surface area contributed by atoms with Crippen LogP contribution in [0.25, 0.3) is 0 Å². The van der Waals surface area contributed by atoms with Crippen LogP contribution in [0.15, 0.2) is 54.6 Å². The summed E-state index contributed by atoms with van der Waals surface area (Å²) in [4.78, 5) is 27.2. The Hall–Kier alpha value is -2.64. The molecule has 1 aliphatic rings. The SMILES string of the molecule is Cl.O=C(O)C1CN(C(=O)OCc2ccccc2)CCN1Cc1ccc(F)cc1. The molecule has 0 aromatic heterocycles. The van der Waals surface area contributed by atoms with E-state index in [-0.39, 0.29) is 31.4 Å². The van der Waals surface area contributed by atoms with Crippen molar-refractivity contribution in [3.05, 3.63) is 71.5 Å². The number of hydrogen-bond acceptors (Lipinski definition) is 4. The number of hydrogen-bond donors (Lipinski definition) is 1. The summed E-state index contributed by atoms with van der Waals surface area (Å²) >= 11 is 0. The zero-order chi connectivity index (χ0) is 19.2. The minimum atomic E-state index is -1.00. The Kier molecular flexibility index (Phi) is 7.78. The van der Waals surface area contributed by atoms with Gasteiger partial charge in [0, 0.05) is 19.6 Å². The minimum Gasteiger partial charge on any atom is -0.480 e. The van der Waals surface area contributed by atoms with Crippen molar-refractivity contribution >= 4 is 24.5 Å². The van der Waals surface area contributed by atoms with Gasteiger partial charge in [0.2, 0.25) is 0 Å². The third-order valence-electron chi connectivity index (χ3n) is 4.54. The van der Waals surface area contributed by atoms with Gasteiger partial charge in [0.1, 0.15) is 18.5 Å². The quantitative estimate of drug-likeness (QED) is 0.823. The molecule has 1 unspecified atom stereocenters. The predicted molar refractivity (Wildman–Crippen MR) is 104 cm³/mol. The second-order valence-electron chi connectivity index (χ2n) is 6.44. The van der Waals surface area contributed by atoms with Gasteiger partial charge in [0.25, 0.3) is 0 Å². The molecule has 6 nitrogen and oxygen atoms in total. The lowest BCUT2D eigenvalue weighted by molar-refractivity contribution is -0.145. The van der Waals surface area contributed by atoms with Crippen LogP contribution in [0, 0.1) is 5.82 Å². The number of carbonyl (C=O) groups excluding carboxylic acids is 1. The summed E-state index contributed by atoms with van der Waals surface area (Å²) < 4.78 is 18.3. The van der Waals surface area contributed by atoms with Crippen LogP contribution in [0.3, 0.4) is 0 Å². The highest BCUT2D eigenvalue weighted by atomic mass is 35.5. The first kappa shape index (κ1) is 21.7. The second kappa shape index (κ2) is 10.1. The van der Waals surface area contributed by atoms with E-state index in [9.17, 15) is 19.1 Å². The van der Waals surface area contributed by atoms with Crippen LogP contribution in [0.5, 0.6) is 0 Å². The lowest BCUT2D eigenvalue weighted by Crippen LogP contribution is -2.57. The molecule has 0 aliphatic carbocycles. The first-order valence-electron chi connectivity index (χ1n) is 8.70. The van der Waals surface area contributed by atoms with E-state index in [0.717, 1.165) is 11.1 Å². The van der Waals surface area contributed by atoms with Crippen molar-refractivity contribution in [2.45, 2.75) is 19.2 Å². The van der Waals surface area contributed by atoms with Gasteiger partial charge in [-0.25, -0.2) is 9.18 Å². The van der Waals surface area contributed by atoms with Crippen LogP contribution in [0.2, 0.25) is 0 Å². The third kappa shape index (κ3) is 5.68. The van der Waals surface area contributed by atoms with Crippen molar-refractivity contribution in [3.8, 4) is 0 Å². The van der Waals surface area contributed by atoms with Crippen LogP contribution in [-0.4, -0.2) is 52.6 Å². The van der Waals surface area contributed by atoms with Crippen molar-refractivity contribution in [3.63, 3.8) is 0 Å². The number of nitrogens with zero attached hydrogens (tertiary/aromatic N) is 2. The number of rotatable bonds is 5. The number of piperazine rings is 1. The number of carbonyl (C=O) groups is 2. The third-order valence-corrected chi connectivity index (χ3v) is 4.54. The van der Waals surface area contributed by atoms with Crippen LogP contribution >= 0.6 is 12.4 Å². The van der Waals surface area contributed by atoms with Crippen LogP contribution < -0.4 is 0 Å². The Morgan fingerprint density at radius 1 is 1.04 bits per heavy atom. The maximum absolute atomic E-state index is 13.0. The molecular weight excluding hydrogens is 387 g/mol. The van der Waals surface area contributed by atoms with Gasteiger partial charge in [0.15, 0.2) is 0 Å². The molecule has 28 heavy (non-hydrogen) atoms. The molecule has 0 bridgehead atoms. The molecule has 1 fully saturated rings. The van der Waals surface area contributed by atoms with Gasteiger partial charge in [0.05, 0.1) is 6.54 Å². The molecule has 0 saturated carbocycles. The molecule has 1 amide bonds. The lowest BCUT2D eigenvalue weighted by Gasteiger charge is -2.38. The van der Waals surface area contributed by atoms with Gasteiger partial charge < -0.3 is 14.7 Å². The highest BCUT2D eigenvalue weighted by Gasteiger charge is 2.34. The lowest BCUT2D eigenvalue weighted by atomic mass is 10.1. The Morgan fingerprint density at radius 3 is 2.36 bits per heavy atom. The number of aliphatic carboxylic acids is 1. The van der Waals surface area contributed by atoms with Crippen molar-refractivity contribution in [1.29, 1.82) is 0 Å². The normalized spacial score (nSPS) is 16.9. The summed E-state index contributed by atoms with van der Waals surface area (Å²) in [6, 6.07) is 14.4. The van der Waals surface area contributed by atoms with Crippen molar-refractivity contribution in [1.82, 2.24) is 9.80 Å². The number of amides is 1. The molecule has 3 rings (SSSR count). The summed E-state index contributed by atoms with van der Waals surface area (Å²) in [7, 11) is 0. The number of benzene rings is 2. The van der Waals surface area contributed by atoms with Gasteiger partial charge in [-0.1, -0.05) is 42.5 Å². The van der Waals surface area contributed by atoms with E-state index in [2.05, 4.69) is 0 Å². The number of carboxylic acids is 1. The van der Waals surface area contributed by atoms with Crippen LogP contribution in [0.4, 0.5) is 9.18 Å². The molecule has 1 heterocycles. The average molecular weight is 409 g/mol. The fourth-order valence-electron chi connectivity index (χ4n) is 3.04. The fourth-order valence-corrected chi connectivity index (χ4v) is 3.04. The number of carboxylic acid groups (broad SMARTS) is 1. The predicted octanol–water partition coefficient (Wildman–Crippen LogP) is 3.16. The van der Waals surface area contributed by atoms with E-state index in [1.165, 1.54) is 17.0 Å². The van der Waals surface area contributed by atoms with E-state index in [1.54, 1.807) is 17.0 Å². The van der Waals surface area contributed by atoms with Gasteiger partial charge in [-0.05, 0) is 23.3 Å². The zero-order valence-corrected chi connectivity index (χ0v) is 16.0. The van der Waals surface area contributed by atoms with Crippen LogP contribution in [-0.2, 0) is 22.7 Å². The highest BCUT2D eigenvalue weighted by Crippen LogP contribution is 2.16. The zero-order valence-electron chi connectivity index (χ0n) is 15.2. The molecule has 8 heteroatoms. The molecule has 0 radical (unpaired) electrons. The molecular formula is C20H22ClFN2O4. The smallest absolute Gasteiger partial charge is 0.410 e. The summed E-state index contributed by atoms with van der Waals surface area (Å²) in [5.74, 6) is -1.34. The van der Waals surface area contributed by atoms with E-state index < -0.39 is 18.1 Å². The first-order valence-corrected chi connectivity index (χ1v) is 8.70. The van der Waals surface area contributed by atoms with Gasteiger partial charge in [-0.3, -0.25) is 9.69 Å². The van der Waals surface area contributed by atoms with E-state index in [0.29, 0.717) is 19.6 Å². The fraction of sp³-hybridized carbons (Fsp3) is 0.300. The maximum atomic E-state index is 13.0. The van der Waals surface area contributed by atoms with E-state index in [1.807, 2.05) is 30.3 Å². The molecule has 1 saturated heterocycles. The minimum absolute atomic E-state index is 0. The molecule has 1 aliphatic heterocycles. The molecule has 0 spiro atoms. The van der Waals surface area contributed by atoms with Crippen molar-refractivity contribution < 1.29 is 23.8 Å². The monoisotopic (exact) mass is 408 g/mol.